The Kier molecular flexibility index (Phi) is 5.99. The molecule has 0 radical (unpaired) electrons. The van der Waals surface area contributed by atoms with Gasteiger partial charge in [0.1, 0.15) is 11.4 Å². The van der Waals surface area contributed by atoms with Crippen LogP contribution in [0.2, 0.25) is 5.02 Å². The second-order valence-electron chi connectivity index (χ2n) is 6.60. The molecule has 0 aliphatic carbocycles. The highest BCUT2D eigenvalue weighted by Gasteiger charge is 2.18. The highest BCUT2D eigenvalue weighted by Crippen LogP contribution is 2.36. The molecule has 2 amide bonds. The summed E-state index contributed by atoms with van der Waals surface area (Å²) in [6.07, 6.45) is 3.73. The molecule has 0 unspecified atom stereocenters. The van der Waals surface area contributed by atoms with Gasteiger partial charge in [-0.15, -0.1) is 0 Å². The second kappa shape index (κ2) is 8.43. The van der Waals surface area contributed by atoms with Crippen molar-refractivity contribution >= 4 is 34.4 Å². The van der Waals surface area contributed by atoms with Gasteiger partial charge in [0.2, 0.25) is 0 Å². The van der Waals surface area contributed by atoms with Gasteiger partial charge < -0.3 is 20.4 Å². The molecule has 9 heteroatoms. The van der Waals surface area contributed by atoms with Crippen LogP contribution in [0.1, 0.15) is 20.3 Å². The fraction of sp³-hybridized carbons (Fsp3) is 0.263. The number of aromatic nitrogens is 2. The molecule has 0 saturated carbocycles. The first kappa shape index (κ1) is 19.9. The number of halogens is 3. The molecule has 148 valence electrons. The van der Waals surface area contributed by atoms with Crippen molar-refractivity contribution < 1.29 is 18.3 Å². The minimum absolute atomic E-state index is 0.0241. The maximum atomic E-state index is 14.4. The first-order valence-corrected chi connectivity index (χ1v) is 9.06. The van der Waals surface area contributed by atoms with Gasteiger partial charge in [-0.1, -0.05) is 25.4 Å². The van der Waals surface area contributed by atoms with Gasteiger partial charge in [0, 0.05) is 36.8 Å². The summed E-state index contributed by atoms with van der Waals surface area (Å²) in [7, 11) is 0. The van der Waals surface area contributed by atoms with Crippen molar-refractivity contribution in [3.05, 3.63) is 47.2 Å². The van der Waals surface area contributed by atoms with Crippen molar-refractivity contribution in [2.45, 2.75) is 20.3 Å². The first-order chi connectivity index (χ1) is 13.3. The monoisotopic (exact) mass is 408 g/mol. The quantitative estimate of drug-likeness (QED) is 0.507. The number of aromatic amines is 1. The van der Waals surface area contributed by atoms with E-state index in [2.05, 4.69) is 20.6 Å². The van der Waals surface area contributed by atoms with Crippen molar-refractivity contribution in [2.24, 2.45) is 5.92 Å². The zero-order chi connectivity index (χ0) is 20.3. The average Bonchev–Trinajstić information content (AvgIpc) is 3.00. The van der Waals surface area contributed by atoms with E-state index in [1.165, 1.54) is 18.5 Å². The van der Waals surface area contributed by atoms with Crippen LogP contribution in [0.25, 0.3) is 11.0 Å². The largest absolute Gasteiger partial charge is 0.450 e. The van der Waals surface area contributed by atoms with Gasteiger partial charge in [0.25, 0.3) is 0 Å². The fourth-order valence-electron chi connectivity index (χ4n) is 2.56. The topological polar surface area (TPSA) is 79.0 Å². The van der Waals surface area contributed by atoms with Gasteiger partial charge >= 0.3 is 6.03 Å². The normalized spacial score (nSPS) is 11.1. The molecule has 0 aliphatic heterocycles. The molecule has 1 aromatic carbocycles. The summed E-state index contributed by atoms with van der Waals surface area (Å²) in [5.41, 5.74) is 0.406. The number of pyridine rings is 1. The van der Waals surface area contributed by atoms with E-state index >= 15 is 0 Å². The predicted molar refractivity (Wildman–Crippen MR) is 104 cm³/mol. The molecule has 2 aromatic heterocycles. The summed E-state index contributed by atoms with van der Waals surface area (Å²) in [6.45, 7) is 4.52. The van der Waals surface area contributed by atoms with Gasteiger partial charge in [0.05, 0.1) is 10.4 Å². The molecular formula is C19H19ClF2N4O2. The van der Waals surface area contributed by atoms with Crippen LogP contribution in [0, 0.1) is 17.6 Å². The average molecular weight is 409 g/mol. The van der Waals surface area contributed by atoms with E-state index in [-0.39, 0.29) is 11.4 Å². The smallest absolute Gasteiger partial charge is 0.319 e. The van der Waals surface area contributed by atoms with Crippen molar-refractivity contribution in [3.8, 4) is 11.5 Å². The van der Waals surface area contributed by atoms with E-state index in [0.717, 1.165) is 18.6 Å². The lowest BCUT2D eigenvalue weighted by Crippen LogP contribution is -2.30. The number of hydrogen-bond acceptors (Lipinski definition) is 3. The van der Waals surface area contributed by atoms with E-state index in [4.69, 9.17) is 16.3 Å². The number of carbonyl (C=O) groups is 1. The Bertz CT molecular complexity index is 984. The molecule has 0 bridgehead atoms. The Morgan fingerprint density at radius 2 is 2.04 bits per heavy atom. The molecule has 0 saturated heterocycles. The number of carbonyl (C=O) groups excluding carboxylic acids is 1. The summed E-state index contributed by atoms with van der Waals surface area (Å²) < 4.78 is 34.3. The van der Waals surface area contributed by atoms with E-state index in [1.54, 1.807) is 0 Å². The lowest BCUT2D eigenvalue weighted by atomic mass is 10.1. The fourth-order valence-corrected chi connectivity index (χ4v) is 2.80. The second-order valence-corrected chi connectivity index (χ2v) is 7.01. The van der Waals surface area contributed by atoms with Crippen molar-refractivity contribution in [2.75, 3.05) is 11.9 Å². The molecule has 6 nitrogen and oxygen atoms in total. The van der Waals surface area contributed by atoms with E-state index in [0.29, 0.717) is 28.5 Å². The number of anilines is 1. The first-order valence-electron chi connectivity index (χ1n) is 8.68. The number of hydrogen-bond donors (Lipinski definition) is 3. The molecule has 2 heterocycles. The standard InChI is InChI=1S/C19H19ClF2N4O2/c1-10(2)3-5-24-19(27)26-11-7-13(21)17(14(22)8-11)28-15-4-6-23-18-16(15)12(20)9-25-18/h4,6-10H,3,5H2,1-2H3,(H,23,25)(H2,24,26,27). The van der Waals surface area contributed by atoms with Crippen LogP contribution in [0.5, 0.6) is 11.5 Å². The van der Waals surface area contributed by atoms with Crippen LogP contribution in [-0.2, 0) is 0 Å². The molecule has 28 heavy (non-hydrogen) atoms. The summed E-state index contributed by atoms with van der Waals surface area (Å²) >= 11 is 6.07. The summed E-state index contributed by atoms with van der Waals surface area (Å²) in [5, 5.41) is 5.76. The molecule has 3 N–H and O–H groups in total. The number of nitrogens with one attached hydrogen (secondary N) is 3. The highest BCUT2D eigenvalue weighted by molar-refractivity contribution is 6.36. The molecular weight excluding hydrogens is 390 g/mol. The minimum atomic E-state index is -0.964. The summed E-state index contributed by atoms with van der Waals surface area (Å²) in [4.78, 5) is 18.7. The molecule has 3 aromatic rings. The Morgan fingerprint density at radius 3 is 2.71 bits per heavy atom. The van der Waals surface area contributed by atoms with Crippen molar-refractivity contribution in [1.82, 2.24) is 15.3 Å². The van der Waals surface area contributed by atoms with Gasteiger partial charge in [-0.05, 0) is 18.4 Å². The van der Waals surface area contributed by atoms with Crippen LogP contribution in [-0.4, -0.2) is 22.5 Å². The number of nitrogens with zero attached hydrogens (tertiary/aromatic N) is 1. The van der Waals surface area contributed by atoms with E-state index in [9.17, 15) is 13.6 Å². The maximum absolute atomic E-state index is 14.4. The minimum Gasteiger partial charge on any atom is -0.450 e. The number of urea groups is 1. The van der Waals surface area contributed by atoms with Crippen LogP contribution in [0.15, 0.2) is 30.6 Å². The van der Waals surface area contributed by atoms with Crippen molar-refractivity contribution in [3.63, 3.8) is 0 Å². The maximum Gasteiger partial charge on any atom is 0.319 e. The van der Waals surface area contributed by atoms with Crippen molar-refractivity contribution in [1.29, 1.82) is 0 Å². The number of ether oxygens (including phenoxy) is 1. The third kappa shape index (κ3) is 4.51. The SMILES string of the molecule is CC(C)CCNC(=O)Nc1cc(F)c(Oc2ccnc3[nH]cc(Cl)c23)c(F)c1. The van der Waals surface area contributed by atoms with E-state index in [1.807, 2.05) is 13.8 Å². The Labute approximate surface area is 165 Å². The van der Waals surface area contributed by atoms with E-state index < -0.39 is 23.4 Å². The summed E-state index contributed by atoms with van der Waals surface area (Å²) in [6, 6.07) is 2.88. The van der Waals surface area contributed by atoms with Crippen LogP contribution < -0.4 is 15.4 Å². The van der Waals surface area contributed by atoms with Crippen LogP contribution >= 0.6 is 11.6 Å². The Morgan fingerprint density at radius 1 is 1.32 bits per heavy atom. The summed E-state index contributed by atoms with van der Waals surface area (Å²) in [5.74, 6) is -1.94. The number of benzene rings is 1. The highest BCUT2D eigenvalue weighted by atomic mass is 35.5. The molecule has 0 spiro atoms. The van der Waals surface area contributed by atoms with Gasteiger partial charge in [-0.3, -0.25) is 0 Å². The number of rotatable bonds is 6. The third-order valence-corrected chi connectivity index (χ3v) is 4.26. The number of fused-ring (bicyclic) bond motifs is 1. The lowest BCUT2D eigenvalue weighted by molar-refractivity contribution is 0.251. The van der Waals surface area contributed by atoms with Gasteiger partial charge in [-0.25, -0.2) is 18.6 Å². The lowest BCUT2D eigenvalue weighted by Gasteiger charge is -2.12. The molecule has 0 aliphatic rings. The zero-order valence-electron chi connectivity index (χ0n) is 15.3. The molecule has 0 fully saturated rings. The zero-order valence-corrected chi connectivity index (χ0v) is 16.0. The third-order valence-electron chi connectivity index (χ3n) is 3.96. The number of amides is 2. The Balaban J connectivity index is 1.77. The number of H-pyrrole nitrogens is 1. The molecule has 3 rings (SSSR count). The Hall–Kier alpha value is -2.87. The van der Waals surface area contributed by atoms with Crippen LogP contribution in [0.3, 0.4) is 0 Å². The predicted octanol–water partition coefficient (Wildman–Crippen LogP) is 5.45. The van der Waals surface area contributed by atoms with Gasteiger partial charge in [-0.2, -0.15) is 0 Å². The molecule has 0 atom stereocenters. The van der Waals surface area contributed by atoms with Gasteiger partial charge in [0.15, 0.2) is 17.4 Å². The van der Waals surface area contributed by atoms with Crippen LogP contribution in [0.4, 0.5) is 19.3 Å².